The molecule has 0 aromatic heterocycles. The smallest absolute Gasteiger partial charge is 0.139 e. The molecule has 1 atom stereocenters. The number of nitrogens with one attached hydrogen (secondary N) is 1. The molecule has 0 radical (unpaired) electrons. The summed E-state index contributed by atoms with van der Waals surface area (Å²) < 4.78 is 6.47. The van der Waals surface area contributed by atoms with Crippen LogP contribution in [0, 0.1) is 0 Å². The molecule has 1 aliphatic heterocycles. The van der Waals surface area contributed by atoms with Crippen molar-refractivity contribution in [2.24, 2.45) is 0 Å². The van der Waals surface area contributed by atoms with E-state index in [4.69, 9.17) is 4.74 Å². The van der Waals surface area contributed by atoms with E-state index in [-0.39, 0.29) is 6.04 Å². The molecule has 0 aromatic rings. The molecule has 15 heavy (non-hydrogen) atoms. The van der Waals surface area contributed by atoms with E-state index >= 15 is 0 Å². The standard InChI is InChI=1S/C11H15BrN2O/c1-4-9-10-8(13-14(9)2)6-5-7(12)11(10)15-3/h5-6,8,13H,4H2,1-3H3. The van der Waals surface area contributed by atoms with Crippen molar-refractivity contribution < 1.29 is 4.74 Å². The molecule has 1 heterocycles. The van der Waals surface area contributed by atoms with Gasteiger partial charge in [-0.3, -0.25) is 0 Å². The third-order valence-electron chi connectivity index (χ3n) is 2.80. The van der Waals surface area contributed by atoms with E-state index in [1.165, 1.54) is 11.3 Å². The highest BCUT2D eigenvalue weighted by atomic mass is 79.9. The van der Waals surface area contributed by atoms with Crippen LogP contribution >= 0.6 is 15.9 Å². The first kappa shape index (κ1) is 10.8. The molecule has 0 spiro atoms. The summed E-state index contributed by atoms with van der Waals surface area (Å²) in [6.07, 6.45) is 5.17. The normalized spacial score (nSPS) is 25.1. The zero-order chi connectivity index (χ0) is 11.0. The molecule has 1 aliphatic carbocycles. The van der Waals surface area contributed by atoms with E-state index in [1.807, 2.05) is 13.1 Å². The molecule has 4 heteroatoms. The lowest BCUT2D eigenvalue weighted by atomic mass is 9.99. The van der Waals surface area contributed by atoms with Gasteiger partial charge in [0.25, 0.3) is 0 Å². The molecule has 0 aromatic carbocycles. The molecule has 0 fully saturated rings. The maximum absolute atomic E-state index is 5.45. The van der Waals surface area contributed by atoms with Gasteiger partial charge in [-0.05, 0) is 28.4 Å². The fourth-order valence-corrected chi connectivity index (χ4v) is 2.67. The van der Waals surface area contributed by atoms with Crippen molar-refractivity contribution in [1.29, 1.82) is 0 Å². The number of hydrogen-bond acceptors (Lipinski definition) is 3. The Kier molecular flexibility index (Phi) is 2.89. The van der Waals surface area contributed by atoms with Gasteiger partial charge in [0.1, 0.15) is 5.76 Å². The summed E-state index contributed by atoms with van der Waals surface area (Å²) in [6, 6.07) is 0.251. The van der Waals surface area contributed by atoms with Crippen molar-refractivity contribution in [1.82, 2.24) is 10.4 Å². The molecular formula is C11H15BrN2O. The SMILES string of the molecule is CCC1=C2C(OC)=C(Br)C=CC2NN1C. The number of fused-ring (bicyclic) bond motifs is 1. The van der Waals surface area contributed by atoms with Crippen LogP contribution in [0.4, 0.5) is 0 Å². The third kappa shape index (κ3) is 1.62. The largest absolute Gasteiger partial charge is 0.495 e. The van der Waals surface area contributed by atoms with Gasteiger partial charge in [-0.15, -0.1) is 0 Å². The zero-order valence-corrected chi connectivity index (χ0v) is 10.8. The summed E-state index contributed by atoms with van der Waals surface area (Å²) in [5.74, 6) is 0.941. The summed E-state index contributed by atoms with van der Waals surface area (Å²) in [5, 5.41) is 2.08. The molecule has 82 valence electrons. The molecular weight excluding hydrogens is 256 g/mol. The summed E-state index contributed by atoms with van der Waals surface area (Å²) in [6.45, 7) is 2.16. The average Bonchev–Trinajstić information content (AvgIpc) is 2.54. The van der Waals surface area contributed by atoms with Gasteiger partial charge in [0.2, 0.25) is 0 Å². The summed E-state index contributed by atoms with van der Waals surface area (Å²) in [5.41, 5.74) is 5.92. The van der Waals surface area contributed by atoms with Crippen molar-refractivity contribution >= 4 is 15.9 Å². The Labute approximate surface area is 98.6 Å². The number of hydrazine groups is 1. The Morgan fingerprint density at radius 1 is 1.60 bits per heavy atom. The van der Waals surface area contributed by atoms with Crippen LogP contribution in [0.2, 0.25) is 0 Å². The van der Waals surface area contributed by atoms with Crippen LogP contribution in [0.25, 0.3) is 0 Å². The first-order valence-electron chi connectivity index (χ1n) is 5.04. The molecule has 1 unspecified atom stereocenters. The molecule has 3 nitrogen and oxygen atoms in total. The highest BCUT2D eigenvalue weighted by molar-refractivity contribution is 9.11. The molecule has 0 saturated carbocycles. The van der Waals surface area contributed by atoms with Crippen molar-refractivity contribution in [2.45, 2.75) is 19.4 Å². The first-order valence-corrected chi connectivity index (χ1v) is 5.83. The number of halogens is 1. The quantitative estimate of drug-likeness (QED) is 0.834. The Morgan fingerprint density at radius 2 is 2.33 bits per heavy atom. The second-order valence-corrected chi connectivity index (χ2v) is 4.47. The lowest BCUT2D eigenvalue weighted by Crippen LogP contribution is -2.34. The number of hydrogen-bond donors (Lipinski definition) is 1. The summed E-state index contributed by atoms with van der Waals surface area (Å²) in [7, 11) is 3.75. The third-order valence-corrected chi connectivity index (χ3v) is 3.42. The highest BCUT2D eigenvalue weighted by Gasteiger charge is 2.32. The Bertz CT molecular complexity index is 371. The number of allylic oxidation sites excluding steroid dienone is 3. The molecule has 2 rings (SSSR count). The van der Waals surface area contributed by atoms with Gasteiger partial charge in [-0.25, -0.2) is 5.43 Å². The number of methoxy groups -OCH3 is 1. The topological polar surface area (TPSA) is 24.5 Å². The minimum atomic E-state index is 0.251. The first-order chi connectivity index (χ1) is 7.19. The van der Waals surface area contributed by atoms with E-state index < -0.39 is 0 Å². The van der Waals surface area contributed by atoms with Crippen LogP contribution < -0.4 is 5.43 Å². The van der Waals surface area contributed by atoms with Crippen LogP contribution in [0.15, 0.2) is 33.7 Å². The van der Waals surface area contributed by atoms with Crippen molar-refractivity contribution in [3.05, 3.63) is 33.7 Å². The van der Waals surface area contributed by atoms with Crippen molar-refractivity contribution in [3.8, 4) is 0 Å². The van der Waals surface area contributed by atoms with Crippen LogP contribution in [0.5, 0.6) is 0 Å². The van der Waals surface area contributed by atoms with Crippen LogP contribution in [-0.2, 0) is 4.74 Å². The van der Waals surface area contributed by atoms with Crippen molar-refractivity contribution in [2.75, 3.05) is 14.2 Å². The summed E-state index contributed by atoms with van der Waals surface area (Å²) in [4.78, 5) is 0. The van der Waals surface area contributed by atoms with Gasteiger partial charge < -0.3 is 9.75 Å². The van der Waals surface area contributed by atoms with Gasteiger partial charge in [-0.1, -0.05) is 13.0 Å². The van der Waals surface area contributed by atoms with Gasteiger partial charge in [-0.2, -0.15) is 0 Å². The van der Waals surface area contributed by atoms with E-state index in [0.29, 0.717) is 0 Å². The predicted octanol–water partition coefficient (Wildman–Crippen LogP) is 2.29. The Balaban J connectivity index is 2.51. The van der Waals surface area contributed by atoms with Gasteiger partial charge in [0, 0.05) is 18.3 Å². The molecule has 1 N–H and O–H groups in total. The zero-order valence-electron chi connectivity index (χ0n) is 9.17. The monoisotopic (exact) mass is 270 g/mol. The molecule has 0 bridgehead atoms. The maximum atomic E-state index is 5.45. The number of rotatable bonds is 2. The summed E-state index contributed by atoms with van der Waals surface area (Å²) >= 11 is 3.52. The predicted molar refractivity (Wildman–Crippen MR) is 64.1 cm³/mol. The van der Waals surface area contributed by atoms with E-state index in [2.05, 4.69) is 39.4 Å². The number of ether oxygens (including phenoxy) is 1. The van der Waals surface area contributed by atoms with E-state index in [9.17, 15) is 0 Å². The van der Waals surface area contributed by atoms with Crippen LogP contribution in [-0.4, -0.2) is 25.2 Å². The minimum Gasteiger partial charge on any atom is -0.495 e. The lowest BCUT2D eigenvalue weighted by molar-refractivity contribution is 0.293. The minimum absolute atomic E-state index is 0.251. The van der Waals surface area contributed by atoms with E-state index in [0.717, 1.165) is 16.7 Å². The Hall–Kier alpha value is -0.740. The fraction of sp³-hybridized carbons (Fsp3) is 0.455. The van der Waals surface area contributed by atoms with E-state index in [1.54, 1.807) is 7.11 Å². The molecule has 0 amide bonds. The molecule has 0 saturated heterocycles. The lowest BCUT2D eigenvalue weighted by Gasteiger charge is -2.18. The van der Waals surface area contributed by atoms with Crippen LogP contribution in [0.1, 0.15) is 13.3 Å². The van der Waals surface area contributed by atoms with Gasteiger partial charge in [0.15, 0.2) is 0 Å². The maximum Gasteiger partial charge on any atom is 0.139 e. The Morgan fingerprint density at radius 3 is 2.93 bits per heavy atom. The van der Waals surface area contributed by atoms with Crippen LogP contribution in [0.3, 0.4) is 0 Å². The van der Waals surface area contributed by atoms with Gasteiger partial charge >= 0.3 is 0 Å². The average molecular weight is 271 g/mol. The number of nitrogens with zero attached hydrogens (tertiary/aromatic N) is 1. The highest BCUT2D eigenvalue weighted by Crippen LogP contribution is 2.35. The molecule has 2 aliphatic rings. The van der Waals surface area contributed by atoms with Crippen molar-refractivity contribution in [3.63, 3.8) is 0 Å². The fourth-order valence-electron chi connectivity index (χ4n) is 2.14. The van der Waals surface area contributed by atoms with Gasteiger partial charge in [0.05, 0.1) is 17.6 Å². The second-order valence-electron chi connectivity index (χ2n) is 3.62. The second kappa shape index (κ2) is 4.02.